The highest BCUT2D eigenvalue weighted by molar-refractivity contribution is 14.1. The van der Waals surface area contributed by atoms with Gasteiger partial charge in [-0.05, 0) is 46.9 Å². The van der Waals surface area contributed by atoms with Crippen LogP contribution in [0.25, 0.3) is 0 Å². The molecule has 76 valence electrons. The minimum absolute atomic E-state index is 0.296. The molecule has 0 radical (unpaired) electrons. The zero-order valence-corrected chi connectivity index (χ0v) is 10.2. The van der Waals surface area contributed by atoms with Gasteiger partial charge in [0.15, 0.2) is 0 Å². The zero-order chi connectivity index (χ0) is 10.4. The second kappa shape index (κ2) is 6.08. The normalized spacial score (nSPS) is 13.7. The molecule has 5 heteroatoms. The Labute approximate surface area is 101 Å². The summed E-state index contributed by atoms with van der Waals surface area (Å²) in [5.74, 6) is 0. The molecule has 0 aromatic heterocycles. The van der Waals surface area contributed by atoms with Crippen molar-refractivity contribution < 1.29 is 9.53 Å². The van der Waals surface area contributed by atoms with Crippen LogP contribution in [0.15, 0.2) is 24.3 Å². The van der Waals surface area contributed by atoms with Crippen LogP contribution in [0.1, 0.15) is 0 Å². The first-order valence-corrected chi connectivity index (χ1v) is 5.46. The molecule has 0 saturated carbocycles. The van der Waals surface area contributed by atoms with E-state index < -0.39 is 0 Å². The Hall–Kier alpha value is -0.490. The SMILES string of the molecule is Clc1ccc(I)cc1.O=C1NCCO1. The first-order valence-electron chi connectivity index (χ1n) is 4.00. The van der Waals surface area contributed by atoms with E-state index >= 15 is 0 Å². The van der Waals surface area contributed by atoms with Gasteiger partial charge in [-0.2, -0.15) is 0 Å². The lowest BCUT2D eigenvalue weighted by Gasteiger charge is -1.86. The van der Waals surface area contributed by atoms with Crippen molar-refractivity contribution in [1.82, 2.24) is 5.32 Å². The van der Waals surface area contributed by atoms with Gasteiger partial charge >= 0.3 is 6.09 Å². The fourth-order valence-electron chi connectivity index (χ4n) is 0.777. The molecule has 14 heavy (non-hydrogen) atoms. The van der Waals surface area contributed by atoms with Crippen molar-refractivity contribution in [2.75, 3.05) is 13.2 Å². The second-order valence-electron chi connectivity index (χ2n) is 2.50. The summed E-state index contributed by atoms with van der Waals surface area (Å²) in [5.41, 5.74) is 0. The Kier molecular flexibility index (Phi) is 5.03. The fraction of sp³-hybridized carbons (Fsp3) is 0.222. The predicted octanol–water partition coefficient (Wildman–Crippen LogP) is 2.67. The molecule has 0 unspecified atom stereocenters. The van der Waals surface area contributed by atoms with Crippen LogP contribution in [0.2, 0.25) is 5.02 Å². The number of rotatable bonds is 0. The van der Waals surface area contributed by atoms with Gasteiger partial charge in [-0.15, -0.1) is 0 Å². The maximum Gasteiger partial charge on any atom is 0.407 e. The minimum Gasteiger partial charge on any atom is -0.448 e. The molecule has 1 amide bonds. The number of benzene rings is 1. The van der Waals surface area contributed by atoms with Crippen LogP contribution in [0.4, 0.5) is 4.79 Å². The third-order valence-corrected chi connectivity index (χ3v) is 2.38. The van der Waals surface area contributed by atoms with Crippen molar-refractivity contribution in [3.8, 4) is 0 Å². The lowest BCUT2D eigenvalue weighted by Crippen LogP contribution is -2.11. The first-order chi connectivity index (χ1) is 6.68. The van der Waals surface area contributed by atoms with Crippen LogP contribution in [-0.2, 0) is 4.74 Å². The summed E-state index contributed by atoms with van der Waals surface area (Å²) in [5, 5.41) is 3.26. The van der Waals surface area contributed by atoms with Crippen molar-refractivity contribution in [2.45, 2.75) is 0 Å². The molecular weight excluding hydrogens is 316 g/mol. The van der Waals surface area contributed by atoms with Crippen LogP contribution >= 0.6 is 34.2 Å². The highest BCUT2D eigenvalue weighted by atomic mass is 127. The summed E-state index contributed by atoms with van der Waals surface area (Å²) in [4.78, 5) is 9.91. The molecule has 1 fully saturated rings. The maximum atomic E-state index is 9.91. The van der Waals surface area contributed by atoms with Gasteiger partial charge in [-0.3, -0.25) is 0 Å². The molecule has 1 saturated heterocycles. The molecule has 1 aromatic carbocycles. The van der Waals surface area contributed by atoms with Gasteiger partial charge in [0.05, 0.1) is 6.54 Å². The van der Waals surface area contributed by atoms with Crippen molar-refractivity contribution in [1.29, 1.82) is 0 Å². The first kappa shape index (κ1) is 11.6. The summed E-state index contributed by atoms with van der Waals surface area (Å²) in [6.45, 7) is 1.19. The van der Waals surface area contributed by atoms with E-state index in [2.05, 4.69) is 32.6 Å². The van der Waals surface area contributed by atoms with Gasteiger partial charge in [0.25, 0.3) is 0 Å². The fourth-order valence-corrected chi connectivity index (χ4v) is 1.26. The molecule has 0 atom stereocenters. The van der Waals surface area contributed by atoms with Crippen LogP contribution < -0.4 is 5.32 Å². The average Bonchev–Trinajstić information content (AvgIpc) is 2.63. The maximum absolute atomic E-state index is 9.91. The Balaban J connectivity index is 0.000000146. The Morgan fingerprint density at radius 3 is 2.29 bits per heavy atom. The lowest BCUT2D eigenvalue weighted by atomic mass is 10.4. The second-order valence-corrected chi connectivity index (χ2v) is 4.18. The number of carbonyl (C=O) groups is 1. The van der Waals surface area contributed by atoms with Crippen LogP contribution in [0.3, 0.4) is 0 Å². The molecule has 1 aliphatic heterocycles. The van der Waals surface area contributed by atoms with Crippen molar-refractivity contribution in [3.63, 3.8) is 0 Å². The number of hydrogen-bond donors (Lipinski definition) is 1. The largest absolute Gasteiger partial charge is 0.448 e. The molecular formula is C9H9ClINO2. The van der Waals surface area contributed by atoms with Crippen LogP contribution in [-0.4, -0.2) is 19.2 Å². The van der Waals surface area contributed by atoms with E-state index in [1.165, 1.54) is 3.57 Å². The van der Waals surface area contributed by atoms with E-state index in [1.54, 1.807) is 0 Å². The van der Waals surface area contributed by atoms with Crippen molar-refractivity contribution in [2.24, 2.45) is 0 Å². The third-order valence-electron chi connectivity index (χ3n) is 1.41. The van der Waals surface area contributed by atoms with Gasteiger partial charge in [0, 0.05) is 8.59 Å². The number of ether oxygens (including phenoxy) is 1. The van der Waals surface area contributed by atoms with Gasteiger partial charge in [-0.25, -0.2) is 4.79 Å². The third kappa shape index (κ3) is 4.66. The summed E-state index contributed by atoms with van der Waals surface area (Å²) in [6.07, 6.45) is -0.296. The van der Waals surface area contributed by atoms with E-state index in [0.29, 0.717) is 13.2 Å². The standard InChI is InChI=1S/C6H4ClI.C3H5NO2/c7-5-1-3-6(8)4-2-5;5-3-4-1-2-6-3/h1-4H;1-2H2,(H,4,5). The lowest BCUT2D eigenvalue weighted by molar-refractivity contribution is 0.178. The summed E-state index contributed by atoms with van der Waals surface area (Å²) >= 11 is 7.85. The Morgan fingerprint density at radius 1 is 1.36 bits per heavy atom. The van der Waals surface area contributed by atoms with Gasteiger partial charge in [0.2, 0.25) is 0 Å². The Morgan fingerprint density at radius 2 is 2.00 bits per heavy atom. The van der Waals surface area contributed by atoms with E-state index in [1.807, 2.05) is 24.3 Å². The summed E-state index contributed by atoms with van der Waals surface area (Å²) < 4.78 is 5.62. The topological polar surface area (TPSA) is 38.3 Å². The van der Waals surface area contributed by atoms with E-state index in [4.69, 9.17) is 11.6 Å². The molecule has 1 heterocycles. The number of halogens is 2. The monoisotopic (exact) mass is 325 g/mol. The zero-order valence-electron chi connectivity index (χ0n) is 7.30. The van der Waals surface area contributed by atoms with Crippen LogP contribution in [0.5, 0.6) is 0 Å². The smallest absolute Gasteiger partial charge is 0.407 e. The summed E-state index contributed by atoms with van der Waals surface area (Å²) in [7, 11) is 0. The molecule has 1 aromatic rings. The van der Waals surface area contributed by atoms with Crippen LogP contribution in [0, 0.1) is 3.57 Å². The molecule has 0 bridgehead atoms. The van der Waals surface area contributed by atoms with Gasteiger partial charge in [-0.1, -0.05) is 11.6 Å². The van der Waals surface area contributed by atoms with Crippen molar-refractivity contribution >= 4 is 40.3 Å². The molecule has 0 spiro atoms. The molecule has 1 N–H and O–H groups in total. The van der Waals surface area contributed by atoms with E-state index in [0.717, 1.165) is 5.02 Å². The molecule has 1 aliphatic rings. The quantitative estimate of drug-likeness (QED) is 0.745. The number of nitrogens with one attached hydrogen (secondary N) is 1. The molecule has 3 nitrogen and oxygen atoms in total. The van der Waals surface area contributed by atoms with Gasteiger partial charge in [0.1, 0.15) is 6.61 Å². The molecule has 0 aliphatic carbocycles. The number of amides is 1. The highest BCUT2D eigenvalue weighted by Crippen LogP contribution is 2.10. The molecule has 2 rings (SSSR count). The Bertz CT molecular complexity index is 273. The van der Waals surface area contributed by atoms with Gasteiger partial charge < -0.3 is 10.1 Å². The average molecular weight is 326 g/mol. The minimum atomic E-state index is -0.296. The highest BCUT2D eigenvalue weighted by Gasteiger charge is 2.06. The number of hydrogen-bond acceptors (Lipinski definition) is 2. The number of alkyl carbamates (subject to hydrolysis) is 1. The van der Waals surface area contributed by atoms with Crippen molar-refractivity contribution in [3.05, 3.63) is 32.9 Å². The number of cyclic esters (lactones) is 1. The van der Waals surface area contributed by atoms with E-state index in [9.17, 15) is 4.79 Å². The summed E-state index contributed by atoms with van der Waals surface area (Å²) in [6, 6.07) is 7.71. The number of carbonyl (C=O) groups excluding carboxylic acids is 1. The predicted molar refractivity (Wildman–Crippen MR) is 63.5 cm³/mol. The van der Waals surface area contributed by atoms with E-state index in [-0.39, 0.29) is 6.09 Å².